The highest BCUT2D eigenvalue weighted by Crippen LogP contribution is 2.66. The molecule has 10 aliphatic rings. The van der Waals surface area contributed by atoms with Gasteiger partial charge in [0.25, 0.3) is 13.4 Å². The van der Waals surface area contributed by atoms with Crippen LogP contribution in [0.15, 0.2) is 209 Å². The van der Waals surface area contributed by atoms with E-state index >= 15 is 0 Å². The highest BCUT2D eigenvalue weighted by atomic mass is 16.4. The second-order valence-corrected chi connectivity index (χ2v) is 44.4. The van der Waals surface area contributed by atoms with E-state index in [-0.39, 0.29) is 67.8 Å². The van der Waals surface area contributed by atoms with Crippen molar-refractivity contribution >= 4 is 125 Å². The van der Waals surface area contributed by atoms with E-state index in [0.29, 0.717) is 0 Å². The first kappa shape index (κ1) is 74.8. The fourth-order valence-corrected chi connectivity index (χ4v) is 25.8. The fourth-order valence-electron chi connectivity index (χ4n) is 25.8. The van der Waals surface area contributed by atoms with Gasteiger partial charge < -0.3 is 23.5 Å². The zero-order valence-corrected chi connectivity index (χ0v) is 74.5. The Balaban J connectivity index is 0.733. The normalized spacial score (nSPS) is 23.1. The van der Waals surface area contributed by atoms with Crippen LogP contribution in [0.4, 0.5) is 57.1 Å². The van der Waals surface area contributed by atoms with Gasteiger partial charge in [-0.05, 0) is 307 Å². The van der Waals surface area contributed by atoms with E-state index < -0.39 is 0 Å². The van der Waals surface area contributed by atoms with Crippen molar-refractivity contribution < 1.29 is 8.83 Å². The molecule has 0 N–H and O–H groups in total. The smallest absolute Gasteiger partial charge is 0.297 e. The predicted octanol–water partition coefficient (Wildman–Crippen LogP) is 26.1. The van der Waals surface area contributed by atoms with Crippen LogP contribution in [0.1, 0.15) is 263 Å². The molecule has 0 bridgehead atoms. The Morgan fingerprint density at radius 2 is 0.817 bits per heavy atom. The zero-order chi connectivity index (χ0) is 82.8. The number of fused-ring (bicyclic) bond motifs is 20. The molecule has 23 rings (SSSR count). The zero-order valence-electron chi connectivity index (χ0n) is 74.5. The van der Waals surface area contributed by atoms with Gasteiger partial charge in [0.15, 0.2) is 0 Å². The minimum atomic E-state index is -0.214. The topological polar surface area (TPSA) is 39.2 Å². The molecule has 4 unspecified atom stereocenters. The average molecular weight is 1570 g/mol. The number of anilines is 10. The maximum Gasteiger partial charge on any atom is 0.297 e. The molecule has 120 heavy (non-hydrogen) atoms. The quantitative estimate of drug-likeness (QED) is 0.148. The third-order valence-corrected chi connectivity index (χ3v) is 33.4. The minimum Gasteiger partial charge on any atom is -0.468 e. The highest BCUT2D eigenvalue weighted by molar-refractivity contribution is 7.02. The van der Waals surface area contributed by atoms with Gasteiger partial charge >= 0.3 is 0 Å². The number of benzene rings is 11. The number of nitrogens with zero attached hydrogens (tertiary/aromatic N) is 4. The third kappa shape index (κ3) is 10.1. The van der Waals surface area contributed by atoms with Crippen LogP contribution < -0.4 is 52.6 Å². The summed E-state index contributed by atoms with van der Waals surface area (Å²) in [5.74, 6) is 0.933. The SMILES string of the molecule is Cc1cc2c3c(c1)N1c4c(cc(-c5ccc(Cc6cc7c8c(c6)N6c9c(cc(-c%10ccccc%10)cc9C9(C)CCCCC69C)B8c6c(oc8cc9c(cc68)C(C)(C)CCC9(C)C)N7c6ccc(C(C)(C)C)cc6-c6ccccc6)cc5)cc4C4(C)CCCCC14C)B3c1oc3cc4c(cc3c1N2c1ccc(C(C)(C)C)cc1)C(C)(C)CCC4(C)C. The van der Waals surface area contributed by atoms with Gasteiger partial charge in [0.1, 0.15) is 11.2 Å². The molecule has 2 aromatic heterocycles. The van der Waals surface area contributed by atoms with Crippen molar-refractivity contribution in [2.24, 2.45) is 0 Å². The molecule has 2 fully saturated rings. The van der Waals surface area contributed by atoms with E-state index in [1.165, 1.54) is 204 Å². The Kier molecular flexibility index (Phi) is 15.3. The van der Waals surface area contributed by atoms with Crippen molar-refractivity contribution in [2.45, 2.75) is 269 Å². The molecule has 0 saturated heterocycles. The Morgan fingerprint density at radius 3 is 1.38 bits per heavy atom. The lowest BCUT2D eigenvalue weighted by Gasteiger charge is -2.52. The van der Waals surface area contributed by atoms with Gasteiger partial charge in [-0.1, -0.05) is 252 Å². The summed E-state index contributed by atoms with van der Waals surface area (Å²) in [6.45, 7) is 46.5. The molecule has 13 aromatic rings. The number of furan rings is 2. The first-order valence-electron chi connectivity index (χ1n) is 45.6. The molecule has 4 atom stereocenters. The van der Waals surface area contributed by atoms with Crippen LogP contribution in [0.2, 0.25) is 0 Å². The molecule has 2 saturated carbocycles. The second kappa shape index (κ2) is 24.6. The molecular weight excluding hydrogens is 1450 g/mol. The average Bonchev–Trinajstić information content (AvgIpc) is 1.49. The Labute approximate surface area is 713 Å². The largest absolute Gasteiger partial charge is 0.468 e. The number of hydrogen-bond donors (Lipinski definition) is 0. The van der Waals surface area contributed by atoms with Crippen LogP contribution >= 0.6 is 0 Å². The van der Waals surface area contributed by atoms with Gasteiger partial charge in [0.2, 0.25) is 5.88 Å². The van der Waals surface area contributed by atoms with Gasteiger partial charge in [-0.15, -0.1) is 0 Å². The van der Waals surface area contributed by atoms with Crippen molar-refractivity contribution in [2.75, 3.05) is 19.6 Å². The minimum absolute atomic E-state index is 0.00569. The second-order valence-electron chi connectivity index (χ2n) is 44.4. The summed E-state index contributed by atoms with van der Waals surface area (Å²) >= 11 is 0. The lowest BCUT2D eigenvalue weighted by Crippen LogP contribution is -2.64. The monoisotopic (exact) mass is 1570 g/mol. The van der Waals surface area contributed by atoms with Crippen LogP contribution in [0.3, 0.4) is 0 Å². The maximum atomic E-state index is 8.02. The summed E-state index contributed by atoms with van der Waals surface area (Å²) in [5.41, 5.74) is 43.4. The number of hydrogen-bond acceptors (Lipinski definition) is 6. The van der Waals surface area contributed by atoms with Crippen molar-refractivity contribution in [3.8, 4) is 33.4 Å². The van der Waals surface area contributed by atoms with Gasteiger partial charge in [0.05, 0.1) is 28.1 Å². The van der Waals surface area contributed by atoms with Gasteiger partial charge in [-0.3, -0.25) is 4.90 Å². The molecule has 6 nitrogen and oxygen atoms in total. The van der Waals surface area contributed by atoms with Gasteiger partial charge in [-0.2, -0.15) is 0 Å². The van der Waals surface area contributed by atoms with Crippen LogP contribution in [0, 0.1) is 6.92 Å². The molecule has 0 radical (unpaired) electrons. The van der Waals surface area contributed by atoms with Gasteiger partial charge in [0, 0.05) is 72.4 Å². The Bertz CT molecular complexity index is 6600. The summed E-state index contributed by atoms with van der Waals surface area (Å²) in [5, 5.41) is 2.45. The lowest BCUT2D eigenvalue weighted by atomic mass is 9.33. The van der Waals surface area contributed by atoms with Crippen molar-refractivity contribution in [3.63, 3.8) is 0 Å². The summed E-state index contributed by atoms with van der Waals surface area (Å²) in [6, 6.07) is 80.5. The van der Waals surface area contributed by atoms with Crippen molar-refractivity contribution in [3.05, 3.63) is 261 Å². The first-order valence-corrected chi connectivity index (χ1v) is 45.6. The van der Waals surface area contributed by atoms with E-state index in [2.05, 4.69) is 351 Å². The lowest BCUT2D eigenvalue weighted by molar-refractivity contribution is 0.195. The molecule has 4 aliphatic carbocycles. The third-order valence-electron chi connectivity index (χ3n) is 33.4. The Hall–Kier alpha value is -10.2. The summed E-state index contributed by atoms with van der Waals surface area (Å²) in [7, 11) is 0. The molecule has 8 heterocycles. The van der Waals surface area contributed by atoms with Crippen LogP contribution in [0.5, 0.6) is 0 Å². The molecule has 0 spiro atoms. The van der Waals surface area contributed by atoms with Gasteiger partial charge in [-0.25, -0.2) is 0 Å². The summed E-state index contributed by atoms with van der Waals surface area (Å²) < 4.78 is 15.9. The van der Waals surface area contributed by atoms with E-state index in [0.717, 1.165) is 86.2 Å². The van der Waals surface area contributed by atoms with Crippen LogP contribution in [-0.4, -0.2) is 24.5 Å². The molecule has 8 heteroatoms. The molecule has 6 aliphatic heterocycles. The fraction of sp³-hybridized carbons (Fsp3) is 0.375. The summed E-state index contributed by atoms with van der Waals surface area (Å²) in [4.78, 5) is 11.1. The van der Waals surface area contributed by atoms with Crippen LogP contribution in [0.25, 0.3) is 55.3 Å². The molecule has 602 valence electrons. The van der Waals surface area contributed by atoms with E-state index in [9.17, 15) is 0 Å². The molecule has 11 aromatic carbocycles. The van der Waals surface area contributed by atoms with E-state index in [1.807, 2.05) is 0 Å². The van der Waals surface area contributed by atoms with E-state index in [1.54, 1.807) is 0 Å². The number of aryl methyl sites for hydroxylation is 1. The molecule has 0 amide bonds. The number of rotatable bonds is 7. The summed E-state index contributed by atoms with van der Waals surface area (Å²) in [6.07, 6.45) is 14.6. The van der Waals surface area contributed by atoms with Crippen LogP contribution in [-0.2, 0) is 49.7 Å². The highest BCUT2D eigenvalue weighted by Gasteiger charge is 2.65. The molecular formula is C112H116B2N4O2. The maximum absolute atomic E-state index is 8.02. The predicted molar refractivity (Wildman–Crippen MR) is 509 cm³/mol. The first-order chi connectivity index (χ1) is 57.1. The van der Waals surface area contributed by atoms with E-state index in [4.69, 9.17) is 8.83 Å². The Morgan fingerprint density at radius 1 is 0.350 bits per heavy atom. The van der Waals surface area contributed by atoms with Crippen molar-refractivity contribution in [1.82, 2.24) is 0 Å². The standard InChI is InChI=1S/C112H116B2N4O2/c1-66-52-89-97-91(53-66)117-100-85(110(17)45-26-28-46-111(110,117)18)58-73(60-87(100)114(97)101-98(115(89)76-41-38-74(39-42-76)103(2,3)4)79-63-81-83(65-94(79)119-101)108(14,15)51-49-106(81,10)11)70-36-34-67(35-37-70)54-68-55-90-96-92(56-68)118-99-84(109(16)44-27-29-47-112(109,118)19)57-72(69-30-22-20-23-31-69)59-86(99)113(96)95-78-62-80-82(107(12,13)50-48-105(80,8)9)64-93(78)120-102(95)116(90)88-43-40-75(104(5,6)7)61-77(88)71-32-24-21-25-33-71/h20-25,30-43,52-53,55-65H,26-29,44-51,54H2,1-19H3. The van der Waals surface area contributed by atoms with Crippen molar-refractivity contribution in [1.29, 1.82) is 0 Å².